The zero-order valence-electron chi connectivity index (χ0n) is 26.8. The number of morpholine rings is 2. The van der Waals surface area contributed by atoms with Gasteiger partial charge in [-0.2, -0.15) is 0 Å². The van der Waals surface area contributed by atoms with Gasteiger partial charge in [0.1, 0.15) is 0 Å². The van der Waals surface area contributed by atoms with Crippen molar-refractivity contribution in [2.24, 2.45) is 0 Å². The smallest absolute Gasteiger partial charge is 0.0961 e. The van der Waals surface area contributed by atoms with Crippen molar-refractivity contribution < 1.29 is 9.47 Å². The Bertz CT molecular complexity index is 1090. The van der Waals surface area contributed by atoms with Crippen LogP contribution >= 0.6 is 11.8 Å². The van der Waals surface area contributed by atoms with Crippen molar-refractivity contribution in [1.82, 2.24) is 19.8 Å². The van der Waals surface area contributed by atoms with Crippen LogP contribution in [0.5, 0.6) is 0 Å². The second-order valence-electron chi connectivity index (χ2n) is 13.0. The highest BCUT2D eigenvalue weighted by Gasteiger charge is 2.38. The van der Waals surface area contributed by atoms with Crippen molar-refractivity contribution in [3.63, 3.8) is 0 Å². The molecule has 0 aliphatic carbocycles. The minimum atomic E-state index is -0.102. The van der Waals surface area contributed by atoms with Crippen LogP contribution in [0, 0.1) is 0 Å². The van der Waals surface area contributed by atoms with Gasteiger partial charge >= 0.3 is 0 Å². The lowest BCUT2D eigenvalue weighted by molar-refractivity contribution is -0.0541. The maximum absolute atomic E-state index is 6.32. The molecule has 2 aliphatic heterocycles. The van der Waals surface area contributed by atoms with Crippen LogP contribution in [0.15, 0.2) is 41.7 Å². The number of pyridine rings is 2. The van der Waals surface area contributed by atoms with Gasteiger partial charge in [-0.25, -0.2) is 4.98 Å². The standard InChI is InChI=1S/C32H52N6O2S/c1-24(2)27-12-10-25(20-33-27)38-15-18-40-29(23-38)32(5,6)36(9)16-19-41-30-13-11-26(21-34-30)37-14-17-39-28(22-37)31(3,4)35(7)8/h10-13,20-21,24,28-29H,14-19,22-23H2,1-9H3/t28-,29?/m1/s1. The summed E-state index contributed by atoms with van der Waals surface area (Å²) in [5.74, 6) is 1.42. The summed E-state index contributed by atoms with van der Waals surface area (Å²) in [5.41, 5.74) is 3.36. The minimum absolute atomic E-state index is 0.0288. The Balaban J connectivity index is 1.27. The van der Waals surface area contributed by atoms with Crippen molar-refractivity contribution in [2.45, 2.75) is 75.8 Å². The van der Waals surface area contributed by atoms with Crippen molar-refractivity contribution in [3.05, 3.63) is 42.4 Å². The average molecular weight is 585 g/mol. The Hall–Kier alpha value is -1.91. The lowest BCUT2D eigenvalue weighted by atomic mass is 9.93. The highest BCUT2D eigenvalue weighted by Crippen LogP contribution is 2.29. The zero-order valence-corrected chi connectivity index (χ0v) is 27.6. The van der Waals surface area contributed by atoms with Crippen LogP contribution in [0.1, 0.15) is 53.2 Å². The fraction of sp³-hybridized carbons (Fsp3) is 0.688. The van der Waals surface area contributed by atoms with Gasteiger partial charge in [-0.1, -0.05) is 13.8 Å². The molecule has 0 saturated carbocycles. The Kier molecular flexibility index (Phi) is 10.6. The fourth-order valence-electron chi connectivity index (χ4n) is 5.30. The normalized spacial score (nSPS) is 20.9. The Labute approximate surface area is 252 Å². The molecule has 0 bridgehead atoms. The van der Waals surface area contributed by atoms with E-state index in [1.807, 2.05) is 24.2 Å². The van der Waals surface area contributed by atoms with E-state index in [1.54, 1.807) is 0 Å². The summed E-state index contributed by atoms with van der Waals surface area (Å²) in [4.78, 5) is 19.0. The maximum Gasteiger partial charge on any atom is 0.0961 e. The number of ether oxygens (including phenoxy) is 2. The Morgan fingerprint density at radius 1 is 0.854 bits per heavy atom. The first kappa shape index (κ1) is 32.0. The highest BCUT2D eigenvalue weighted by molar-refractivity contribution is 7.99. The number of thioether (sulfide) groups is 1. The molecule has 41 heavy (non-hydrogen) atoms. The molecule has 8 nitrogen and oxygen atoms in total. The molecule has 0 radical (unpaired) electrons. The quantitative estimate of drug-likeness (QED) is 0.345. The molecule has 228 valence electrons. The van der Waals surface area contributed by atoms with Gasteiger partial charge in [0.15, 0.2) is 0 Å². The lowest BCUT2D eigenvalue weighted by Crippen LogP contribution is -2.59. The molecule has 4 rings (SSSR count). The van der Waals surface area contributed by atoms with Crippen LogP contribution in [0.2, 0.25) is 0 Å². The molecule has 2 aromatic rings. The second kappa shape index (κ2) is 13.6. The monoisotopic (exact) mass is 584 g/mol. The third-order valence-corrected chi connectivity index (χ3v) is 10.3. The highest BCUT2D eigenvalue weighted by atomic mass is 32.2. The number of nitrogens with zero attached hydrogens (tertiary/aromatic N) is 6. The number of hydrogen-bond donors (Lipinski definition) is 0. The molecule has 2 atom stereocenters. The summed E-state index contributed by atoms with van der Waals surface area (Å²) in [5, 5.41) is 1.07. The van der Waals surface area contributed by atoms with E-state index >= 15 is 0 Å². The molecule has 2 aromatic heterocycles. The van der Waals surface area contributed by atoms with Crippen LogP contribution in [0.25, 0.3) is 0 Å². The summed E-state index contributed by atoms with van der Waals surface area (Å²) in [6.45, 7) is 19.4. The third-order valence-electron chi connectivity index (χ3n) is 9.34. The van der Waals surface area contributed by atoms with Crippen molar-refractivity contribution in [2.75, 3.05) is 82.6 Å². The third kappa shape index (κ3) is 7.73. The summed E-state index contributed by atoms with van der Waals surface area (Å²) >= 11 is 1.81. The molecule has 0 aromatic carbocycles. The van der Waals surface area contributed by atoms with Gasteiger partial charge in [-0.15, -0.1) is 11.8 Å². The van der Waals surface area contributed by atoms with E-state index < -0.39 is 0 Å². The van der Waals surface area contributed by atoms with Gasteiger partial charge < -0.3 is 24.2 Å². The Morgan fingerprint density at radius 2 is 1.41 bits per heavy atom. The number of rotatable bonds is 11. The van der Waals surface area contributed by atoms with Crippen LogP contribution in [-0.2, 0) is 9.47 Å². The predicted molar refractivity (Wildman–Crippen MR) is 172 cm³/mol. The molecule has 2 aliphatic rings. The number of hydrogen-bond acceptors (Lipinski definition) is 9. The van der Waals surface area contributed by atoms with Crippen molar-refractivity contribution in [1.29, 1.82) is 0 Å². The number of anilines is 2. The van der Waals surface area contributed by atoms with E-state index in [9.17, 15) is 0 Å². The predicted octanol–water partition coefficient (Wildman–Crippen LogP) is 4.85. The lowest BCUT2D eigenvalue weighted by Gasteiger charge is -2.46. The van der Waals surface area contributed by atoms with Gasteiger partial charge in [0.2, 0.25) is 0 Å². The largest absolute Gasteiger partial charge is 0.373 e. The minimum Gasteiger partial charge on any atom is -0.373 e. The van der Waals surface area contributed by atoms with E-state index in [1.165, 1.54) is 11.4 Å². The van der Waals surface area contributed by atoms with Crippen LogP contribution < -0.4 is 9.80 Å². The van der Waals surface area contributed by atoms with E-state index in [4.69, 9.17) is 14.5 Å². The van der Waals surface area contributed by atoms with Crippen LogP contribution in [0.3, 0.4) is 0 Å². The van der Waals surface area contributed by atoms with Crippen molar-refractivity contribution >= 4 is 23.1 Å². The first-order valence-corrected chi connectivity index (χ1v) is 16.0. The van der Waals surface area contributed by atoms with E-state index in [0.29, 0.717) is 5.92 Å². The average Bonchev–Trinajstić information content (AvgIpc) is 2.97. The molecule has 0 N–H and O–H groups in total. The summed E-state index contributed by atoms with van der Waals surface area (Å²) in [7, 11) is 6.45. The Morgan fingerprint density at radius 3 is 1.90 bits per heavy atom. The van der Waals surface area contributed by atoms with Gasteiger partial charge in [0, 0.05) is 55.2 Å². The zero-order chi connectivity index (χ0) is 29.8. The van der Waals surface area contributed by atoms with E-state index in [-0.39, 0.29) is 23.3 Å². The molecule has 1 unspecified atom stereocenters. The van der Waals surface area contributed by atoms with Gasteiger partial charge in [0.25, 0.3) is 0 Å². The summed E-state index contributed by atoms with van der Waals surface area (Å²) < 4.78 is 12.5. The molecular weight excluding hydrogens is 532 g/mol. The molecular formula is C32H52N6O2S. The molecule has 0 amide bonds. The SMILES string of the molecule is CC(C)c1ccc(N2CCOC(C(C)(C)N(C)CCSc3ccc(N4CCO[C@@H](C(C)(C)N(C)C)C4)cn3)C2)cn1. The number of aromatic nitrogens is 2. The second-order valence-corrected chi connectivity index (χ2v) is 14.1. The number of likely N-dealkylation sites (N-methyl/N-ethyl adjacent to an activating group) is 2. The van der Waals surface area contributed by atoms with Crippen LogP contribution in [-0.4, -0.2) is 116 Å². The fourth-order valence-corrected chi connectivity index (χ4v) is 6.17. The summed E-state index contributed by atoms with van der Waals surface area (Å²) in [6.07, 6.45) is 4.31. The molecule has 4 heterocycles. The topological polar surface area (TPSA) is 57.2 Å². The van der Waals surface area contributed by atoms with Crippen molar-refractivity contribution in [3.8, 4) is 0 Å². The molecule has 0 spiro atoms. The first-order valence-electron chi connectivity index (χ1n) is 15.1. The molecule has 9 heteroatoms. The molecule has 2 saturated heterocycles. The first-order chi connectivity index (χ1) is 19.4. The van der Waals surface area contributed by atoms with E-state index in [2.05, 4.69) is 112 Å². The van der Waals surface area contributed by atoms with Crippen LogP contribution in [0.4, 0.5) is 11.4 Å². The summed E-state index contributed by atoms with van der Waals surface area (Å²) in [6, 6.07) is 8.73. The van der Waals surface area contributed by atoms with Gasteiger partial charge in [-0.05, 0) is 79.0 Å². The van der Waals surface area contributed by atoms with E-state index in [0.717, 1.165) is 62.4 Å². The van der Waals surface area contributed by atoms with Gasteiger partial charge in [-0.3, -0.25) is 9.88 Å². The molecule has 2 fully saturated rings. The van der Waals surface area contributed by atoms with Gasteiger partial charge in [0.05, 0.1) is 54.2 Å². The maximum atomic E-state index is 6.32.